The molecule has 1 heterocycles. The number of anilines is 2. The van der Waals surface area contributed by atoms with E-state index >= 15 is 0 Å². The number of nitrogens with one attached hydrogen (secondary N) is 1. The van der Waals surface area contributed by atoms with Crippen LogP contribution in [-0.4, -0.2) is 17.1 Å². The molecular weight excluding hydrogens is 513 g/mol. The van der Waals surface area contributed by atoms with Gasteiger partial charge in [0.25, 0.3) is 5.91 Å². The Hall–Kier alpha value is -3.24. The maximum atomic E-state index is 13.7. The van der Waals surface area contributed by atoms with Crippen molar-refractivity contribution in [1.82, 2.24) is 0 Å². The van der Waals surface area contributed by atoms with Gasteiger partial charge in [0.2, 0.25) is 5.91 Å². The molecule has 0 aromatic heterocycles. The van der Waals surface area contributed by atoms with Crippen LogP contribution in [0.1, 0.15) is 22.3 Å². The SMILES string of the molecule is Cc1cccc(NC(=O)/C(C#N)=C2\SC(Cc3ccc(Cl)cc3Cl)C(=O)N2c2ccc(C)c(C)c2)c1. The quantitative estimate of drug-likeness (QED) is 0.282. The number of aryl methyl sites for hydroxylation is 3. The van der Waals surface area contributed by atoms with Gasteiger partial charge in [0.15, 0.2) is 0 Å². The van der Waals surface area contributed by atoms with Crippen molar-refractivity contribution < 1.29 is 9.59 Å². The Kier molecular flexibility index (Phi) is 7.75. The first-order chi connectivity index (χ1) is 17.2. The smallest absolute Gasteiger partial charge is 0.269 e. The third kappa shape index (κ3) is 5.44. The van der Waals surface area contributed by atoms with Crippen LogP contribution in [0.5, 0.6) is 0 Å². The van der Waals surface area contributed by atoms with E-state index in [1.165, 1.54) is 16.7 Å². The molecule has 0 spiro atoms. The molecule has 1 saturated heterocycles. The van der Waals surface area contributed by atoms with Crippen molar-refractivity contribution in [3.8, 4) is 6.07 Å². The number of carbonyl (C=O) groups excluding carboxylic acids is 2. The second kappa shape index (κ2) is 10.8. The summed E-state index contributed by atoms with van der Waals surface area (Å²) in [6.07, 6.45) is 0.322. The number of thioether (sulfide) groups is 1. The van der Waals surface area contributed by atoms with Crippen LogP contribution in [0.25, 0.3) is 0 Å². The molecule has 1 aliphatic rings. The summed E-state index contributed by atoms with van der Waals surface area (Å²) in [7, 11) is 0. The summed E-state index contributed by atoms with van der Waals surface area (Å²) in [5, 5.41) is 13.5. The minimum atomic E-state index is -0.574. The van der Waals surface area contributed by atoms with Crippen LogP contribution >= 0.6 is 35.0 Å². The predicted octanol–water partition coefficient (Wildman–Crippen LogP) is 6.98. The van der Waals surface area contributed by atoms with Crippen LogP contribution in [0.4, 0.5) is 11.4 Å². The number of halogens is 2. The number of carbonyl (C=O) groups is 2. The van der Waals surface area contributed by atoms with Gasteiger partial charge in [0, 0.05) is 21.4 Å². The number of hydrogen-bond donors (Lipinski definition) is 1. The lowest BCUT2D eigenvalue weighted by molar-refractivity contribution is -0.117. The zero-order chi connectivity index (χ0) is 26.0. The number of rotatable bonds is 5. The van der Waals surface area contributed by atoms with Crippen molar-refractivity contribution in [2.24, 2.45) is 0 Å². The Bertz CT molecular complexity index is 1440. The molecule has 36 heavy (non-hydrogen) atoms. The highest BCUT2D eigenvalue weighted by atomic mass is 35.5. The summed E-state index contributed by atoms with van der Waals surface area (Å²) in [4.78, 5) is 28.4. The first kappa shape index (κ1) is 25.8. The number of nitrogens with zero attached hydrogens (tertiary/aromatic N) is 2. The average Bonchev–Trinajstić information content (AvgIpc) is 3.13. The molecule has 1 atom stereocenters. The Labute approximate surface area is 224 Å². The van der Waals surface area contributed by atoms with E-state index in [1.807, 2.05) is 63.2 Å². The fourth-order valence-corrected chi connectivity index (χ4v) is 5.67. The molecule has 1 fully saturated rings. The first-order valence-corrected chi connectivity index (χ1v) is 12.9. The van der Waals surface area contributed by atoms with Crippen molar-refractivity contribution in [2.75, 3.05) is 10.2 Å². The molecule has 1 unspecified atom stereocenters. The van der Waals surface area contributed by atoms with Crippen LogP contribution < -0.4 is 10.2 Å². The minimum Gasteiger partial charge on any atom is -0.321 e. The number of benzene rings is 3. The topological polar surface area (TPSA) is 73.2 Å². The Balaban J connectivity index is 1.76. The predicted molar refractivity (Wildman–Crippen MR) is 147 cm³/mol. The number of nitriles is 1. The van der Waals surface area contributed by atoms with E-state index < -0.39 is 11.2 Å². The molecule has 0 saturated carbocycles. The maximum absolute atomic E-state index is 13.7. The second-order valence-electron chi connectivity index (χ2n) is 8.60. The Morgan fingerprint density at radius 1 is 1.06 bits per heavy atom. The molecule has 8 heteroatoms. The lowest BCUT2D eigenvalue weighted by Crippen LogP contribution is -2.31. The van der Waals surface area contributed by atoms with Gasteiger partial charge in [-0.2, -0.15) is 5.26 Å². The van der Waals surface area contributed by atoms with Gasteiger partial charge in [-0.3, -0.25) is 14.5 Å². The molecule has 3 aromatic carbocycles. The van der Waals surface area contributed by atoms with Gasteiger partial charge in [0.1, 0.15) is 16.7 Å². The van der Waals surface area contributed by atoms with E-state index in [2.05, 4.69) is 5.32 Å². The molecule has 3 aromatic rings. The summed E-state index contributed by atoms with van der Waals surface area (Å²) >= 11 is 13.6. The molecule has 4 rings (SSSR count). The van der Waals surface area contributed by atoms with E-state index in [0.717, 1.165) is 22.3 Å². The zero-order valence-electron chi connectivity index (χ0n) is 19.9. The highest BCUT2D eigenvalue weighted by Gasteiger charge is 2.41. The van der Waals surface area contributed by atoms with Crippen LogP contribution in [0.15, 0.2) is 71.3 Å². The van der Waals surface area contributed by atoms with Gasteiger partial charge in [-0.05, 0) is 85.8 Å². The molecule has 0 radical (unpaired) electrons. The van der Waals surface area contributed by atoms with Crippen LogP contribution in [0.3, 0.4) is 0 Å². The Morgan fingerprint density at radius 2 is 1.83 bits per heavy atom. The van der Waals surface area contributed by atoms with Crippen molar-refractivity contribution in [3.05, 3.63) is 104 Å². The lowest BCUT2D eigenvalue weighted by Gasteiger charge is -2.20. The van der Waals surface area contributed by atoms with E-state index in [4.69, 9.17) is 23.2 Å². The standard InChI is InChI=1S/C28H23Cl2N3O2S/c1-16-5-4-6-21(11-16)32-26(34)23(15-31)28-33(22-10-7-17(2)18(3)12-22)27(35)25(36-28)13-19-8-9-20(29)14-24(19)30/h4-12,14,25H,13H2,1-3H3,(H,32,34)/b28-23-. The largest absolute Gasteiger partial charge is 0.321 e. The van der Waals surface area contributed by atoms with Crippen LogP contribution in [0, 0.1) is 32.1 Å². The van der Waals surface area contributed by atoms with Gasteiger partial charge in [-0.15, -0.1) is 0 Å². The highest BCUT2D eigenvalue weighted by Crippen LogP contribution is 2.43. The molecule has 1 aliphatic heterocycles. The van der Waals surface area contributed by atoms with Gasteiger partial charge >= 0.3 is 0 Å². The normalized spacial score (nSPS) is 16.6. The fourth-order valence-electron chi connectivity index (χ4n) is 3.89. The molecule has 182 valence electrons. The Morgan fingerprint density at radius 3 is 2.50 bits per heavy atom. The third-order valence-corrected chi connectivity index (χ3v) is 7.80. The van der Waals surface area contributed by atoms with Crippen LogP contribution in [-0.2, 0) is 16.0 Å². The maximum Gasteiger partial charge on any atom is 0.269 e. The van der Waals surface area contributed by atoms with Gasteiger partial charge in [-0.1, -0.05) is 59.2 Å². The highest BCUT2D eigenvalue weighted by molar-refractivity contribution is 8.05. The van der Waals surface area contributed by atoms with E-state index in [0.29, 0.717) is 32.9 Å². The average molecular weight is 536 g/mol. The van der Waals surface area contributed by atoms with E-state index in [1.54, 1.807) is 24.3 Å². The first-order valence-electron chi connectivity index (χ1n) is 11.2. The van der Waals surface area contributed by atoms with Gasteiger partial charge in [0.05, 0.1) is 5.25 Å². The molecular formula is C28H23Cl2N3O2S. The monoisotopic (exact) mass is 535 g/mol. The number of hydrogen-bond acceptors (Lipinski definition) is 4. The third-order valence-electron chi connectivity index (χ3n) is 5.95. The summed E-state index contributed by atoms with van der Waals surface area (Å²) in [6, 6.07) is 20.1. The molecule has 2 amide bonds. The zero-order valence-corrected chi connectivity index (χ0v) is 22.3. The molecule has 0 bridgehead atoms. The molecule has 0 aliphatic carbocycles. The van der Waals surface area contributed by atoms with Crippen molar-refractivity contribution in [1.29, 1.82) is 5.26 Å². The van der Waals surface area contributed by atoms with E-state index in [-0.39, 0.29) is 11.5 Å². The lowest BCUT2D eigenvalue weighted by atomic mass is 10.1. The van der Waals surface area contributed by atoms with Crippen LogP contribution in [0.2, 0.25) is 10.0 Å². The van der Waals surface area contributed by atoms with Crippen molar-refractivity contribution in [3.63, 3.8) is 0 Å². The number of amides is 2. The summed E-state index contributed by atoms with van der Waals surface area (Å²) in [5.41, 5.74) is 4.86. The van der Waals surface area contributed by atoms with Gasteiger partial charge < -0.3 is 5.32 Å². The summed E-state index contributed by atoms with van der Waals surface area (Å²) in [6.45, 7) is 5.85. The minimum absolute atomic E-state index is 0.127. The summed E-state index contributed by atoms with van der Waals surface area (Å²) in [5.74, 6) is -0.794. The second-order valence-corrected chi connectivity index (χ2v) is 10.6. The molecule has 1 N–H and O–H groups in total. The summed E-state index contributed by atoms with van der Waals surface area (Å²) < 4.78 is 0. The fraction of sp³-hybridized carbons (Fsp3) is 0.179. The van der Waals surface area contributed by atoms with Gasteiger partial charge in [-0.25, -0.2) is 0 Å². The van der Waals surface area contributed by atoms with E-state index in [9.17, 15) is 14.9 Å². The van der Waals surface area contributed by atoms with Crippen molar-refractivity contribution >= 4 is 58.2 Å². The van der Waals surface area contributed by atoms with Crippen molar-refractivity contribution in [2.45, 2.75) is 32.4 Å². The molecule has 5 nitrogen and oxygen atoms in total.